The number of carboxylic acids is 2. The summed E-state index contributed by atoms with van der Waals surface area (Å²) in [6.07, 6.45) is 2.44. The van der Waals surface area contributed by atoms with E-state index in [4.69, 9.17) is 15.3 Å². The maximum atomic E-state index is 10.1. The monoisotopic (exact) mass is 282 g/mol. The fourth-order valence-electron chi connectivity index (χ4n) is 0.986. The molecular formula is C12H14N2O6. The predicted molar refractivity (Wildman–Crippen MR) is 68.4 cm³/mol. The van der Waals surface area contributed by atoms with Crippen molar-refractivity contribution in [1.29, 1.82) is 0 Å². The molecule has 0 radical (unpaired) electrons. The third-order valence-electron chi connectivity index (χ3n) is 1.75. The van der Waals surface area contributed by atoms with Crippen molar-refractivity contribution in [2.24, 2.45) is 0 Å². The SMILES string of the molecule is O=C(O)/C=C\C(=O)O.O=C(O)NCCc1ccccn1. The van der Waals surface area contributed by atoms with Gasteiger partial charge >= 0.3 is 18.0 Å². The Kier molecular flexibility index (Phi) is 8.60. The molecule has 0 aliphatic heterocycles. The molecule has 1 aromatic rings. The van der Waals surface area contributed by atoms with Gasteiger partial charge in [0.1, 0.15) is 0 Å². The molecule has 0 aliphatic rings. The number of carbonyl (C=O) groups is 3. The molecule has 8 heteroatoms. The van der Waals surface area contributed by atoms with E-state index in [0.717, 1.165) is 5.69 Å². The molecule has 108 valence electrons. The Labute approximate surface area is 114 Å². The van der Waals surface area contributed by atoms with Gasteiger partial charge in [0.15, 0.2) is 0 Å². The van der Waals surface area contributed by atoms with E-state index in [0.29, 0.717) is 25.1 Å². The van der Waals surface area contributed by atoms with Gasteiger partial charge in [0.05, 0.1) is 0 Å². The van der Waals surface area contributed by atoms with Crippen LogP contribution in [0.4, 0.5) is 4.79 Å². The number of carboxylic acid groups (broad SMARTS) is 3. The molecule has 0 atom stereocenters. The number of aliphatic carboxylic acids is 2. The van der Waals surface area contributed by atoms with Crippen LogP contribution in [0, 0.1) is 0 Å². The number of pyridine rings is 1. The lowest BCUT2D eigenvalue weighted by atomic mass is 10.3. The minimum atomic E-state index is -1.26. The van der Waals surface area contributed by atoms with Crippen LogP contribution in [0.15, 0.2) is 36.5 Å². The van der Waals surface area contributed by atoms with Crippen molar-refractivity contribution in [2.75, 3.05) is 6.54 Å². The number of nitrogens with zero attached hydrogens (tertiary/aromatic N) is 1. The Hall–Kier alpha value is -2.90. The average Bonchev–Trinajstić information content (AvgIpc) is 2.38. The molecule has 0 aliphatic carbocycles. The van der Waals surface area contributed by atoms with Crippen LogP contribution in [0.1, 0.15) is 5.69 Å². The van der Waals surface area contributed by atoms with Crippen LogP contribution in [-0.2, 0) is 16.0 Å². The smallest absolute Gasteiger partial charge is 0.404 e. The third kappa shape index (κ3) is 11.6. The van der Waals surface area contributed by atoms with Crippen molar-refractivity contribution in [2.45, 2.75) is 6.42 Å². The van der Waals surface area contributed by atoms with Gasteiger partial charge in [-0.3, -0.25) is 4.98 Å². The summed E-state index contributed by atoms with van der Waals surface area (Å²) in [5, 5.41) is 26.2. The lowest BCUT2D eigenvalue weighted by Gasteiger charge is -1.99. The van der Waals surface area contributed by atoms with Crippen LogP contribution < -0.4 is 5.32 Å². The van der Waals surface area contributed by atoms with Gasteiger partial charge in [-0.1, -0.05) is 6.07 Å². The quantitative estimate of drug-likeness (QED) is 0.580. The van der Waals surface area contributed by atoms with Crippen LogP contribution >= 0.6 is 0 Å². The Bertz CT molecular complexity index is 456. The van der Waals surface area contributed by atoms with Crippen LogP contribution in [0.5, 0.6) is 0 Å². The Balaban J connectivity index is 0.000000396. The van der Waals surface area contributed by atoms with E-state index in [2.05, 4.69) is 10.3 Å². The number of amides is 1. The van der Waals surface area contributed by atoms with Crippen molar-refractivity contribution >= 4 is 18.0 Å². The first-order valence-electron chi connectivity index (χ1n) is 5.42. The van der Waals surface area contributed by atoms with Gasteiger partial charge in [-0.15, -0.1) is 0 Å². The van der Waals surface area contributed by atoms with Gasteiger partial charge in [0.25, 0.3) is 0 Å². The number of rotatable bonds is 5. The number of hydrogen-bond acceptors (Lipinski definition) is 4. The second-order valence-corrected chi connectivity index (χ2v) is 3.31. The zero-order chi connectivity index (χ0) is 15.4. The maximum Gasteiger partial charge on any atom is 0.404 e. The molecular weight excluding hydrogens is 268 g/mol. The largest absolute Gasteiger partial charge is 0.478 e. The molecule has 0 bridgehead atoms. The van der Waals surface area contributed by atoms with Gasteiger partial charge in [0, 0.05) is 37.0 Å². The molecule has 0 spiro atoms. The lowest BCUT2D eigenvalue weighted by Crippen LogP contribution is -2.23. The van der Waals surface area contributed by atoms with E-state index in [9.17, 15) is 14.4 Å². The van der Waals surface area contributed by atoms with E-state index in [-0.39, 0.29) is 0 Å². The van der Waals surface area contributed by atoms with Crippen molar-refractivity contribution < 1.29 is 29.7 Å². The molecule has 8 nitrogen and oxygen atoms in total. The Morgan fingerprint density at radius 2 is 1.70 bits per heavy atom. The summed E-state index contributed by atoms with van der Waals surface area (Å²) < 4.78 is 0. The van der Waals surface area contributed by atoms with Crippen molar-refractivity contribution in [1.82, 2.24) is 10.3 Å². The summed E-state index contributed by atoms with van der Waals surface area (Å²) >= 11 is 0. The highest BCUT2D eigenvalue weighted by Crippen LogP contribution is 1.92. The second-order valence-electron chi connectivity index (χ2n) is 3.31. The van der Waals surface area contributed by atoms with Gasteiger partial charge in [-0.2, -0.15) is 0 Å². The van der Waals surface area contributed by atoms with E-state index in [1.807, 2.05) is 18.2 Å². The summed E-state index contributed by atoms with van der Waals surface area (Å²) in [5.74, 6) is -2.51. The molecule has 0 saturated carbocycles. The van der Waals surface area contributed by atoms with E-state index < -0.39 is 18.0 Å². The Morgan fingerprint density at radius 3 is 2.10 bits per heavy atom. The highest BCUT2D eigenvalue weighted by Gasteiger charge is 1.95. The van der Waals surface area contributed by atoms with Crippen LogP contribution in [0.3, 0.4) is 0 Å². The first-order valence-corrected chi connectivity index (χ1v) is 5.42. The average molecular weight is 282 g/mol. The molecule has 0 unspecified atom stereocenters. The number of aromatic nitrogens is 1. The minimum absolute atomic E-state index is 0.409. The van der Waals surface area contributed by atoms with E-state index in [1.54, 1.807) is 6.20 Å². The first-order chi connectivity index (χ1) is 9.41. The molecule has 1 rings (SSSR count). The minimum Gasteiger partial charge on any atom is -0.478 e. The van der Waals surface area contributed by atoms with E-state index in [1.165, 1.54) is 0 Å². The van der Waals surface area contributed by atoms with Crippen molar-refractivity contribution in [3.63, 3.8) is 0 Å². The van der Waals surface area contributed by atoms with Crippen molar-refractivity contribution in [3.05, 3.63) is 42.2 Å². The van der Waals surface area contributed by atoms with Crippen LogP contribution in [0.2, 0.25) is 0 Å². The van der Waals surface area contributed by atoms with Crippen LogP contribution in [0.25, 0.3) is 0 Å². The molecule has 0 aromatic carbocycles. The van der Waals surface area contributed by atoms with Gasteiger partial charge in [-0.05, 0) is 12.1 Å². The molecule has 20 heavy (non-hydrogen) atoms. The van der Waals surface area contributed by atoms with Crippen molar-refractivity contribution in [3.8, 4) is 0 Å². The van der Waals surface area contributed by atoms with Crippen LogP contribution in [-0.4, -0.2) is 44.9 Å². The second kappa shape index (κ2) is 10.1. The molecule has 1 heterocycles. The third-order valence-corrected chi connectivity index (χ3v) is 1.75. The van der Waals surface area contributed by atoms with E-state index >= 15 is 0 Å². The summed E-state index contributed by atoms with van der Waals surface area (Å²) in [5.41, 5.74) is 0.895. The fraction of sp³-hybridized carbons (Fsp3) is 0.167. The maximum absolute atomic E-state index is 10.1. The standard InChI is InChI=1S/C8H10N2O2.C4H4O4/c11-8(12)10-6-4-7-3-1-2-5-9-7;5-3(6)1-2-4(7)8/h1-3,5,10H,4,6H2,(H,11,12);1-2H,(H,5,6)(H,7,8)/b;2-1-. The summed E-state index contributed by atoms with van der Waals surface area (Å²) in [6, 6.07) is 5.57. The highest BCUT2D eigenvalue weighted by atomic mass is 16.4. The summed E-state index contributed by atoms with van der Waals surface area (Å²) in [4.78, 5) is 33.2. The lowest BCUT2D eigenvalue weighted by molar-refractivity contribution is -0.134. The van der Waals surface area contributed by atoms with Gasteiger partial charge < -0.3 is 20.6 Å². The Morgan fingerprint density at radius 1 is 1.10 bits per heavy atom. The zero-order valence-corrected chi connectivity index (χ0v) is 10.4. The van der Waals surface area contributed by atoms with Gasteiger partial charge in [-0.25, -0.2) is 14.4 Å². The predicted octanol–water partition coefficient (Wildman–Crippen LogP) is 0.603. The van der Waals surface area contributed by atoms with Gasteiger partial charge in [0.2, 0.25) is 0 Å². The fourth-order valence-corrected chi connectivity index (χ4v) is 0.986. The zero-order valence-electron chi connectivity index (χ0n) is 10.4. The molecule has 0 saturated heterocycles. The number of nitrogens with one attached hydrogen (secondary N) is 1. The topological polar surface area (TPSA) is 137 Å². The molecule has 4 N–H and O–H groups in total. The summed E-state index contributed by atoms with van der Waals surface area (Å²) in [7, 11) is 0. The highest BCUT2D eigenvalue weighted by molar-refractivity contribution is 5.89. The first kappa shape index (κ1) is 17.1. The molecule has 1 aromatic heterocycles. The molecule has 1 amide bonds. The summed E-state index contributed by atoms with van der Waals surface area (Å²) in [6.45, 7) is 0.409. The number of hydrogen-bond donors (Lipinski definition) is 4. The molecule has 0 fully saturated rings. The normalized spacial score (nSPS) is 9.40.